The van der Waals surface area contributed by atoms with Gasteiger partial charge in [0.15, 0.2) is 5.96 Å². The lowest BCUT2D eigenvalue weighted by Crippen LogP contribution is -2.47. The van der Waals surface area contributed by atoms with Gasteiger partial charge in [0.2, 0.25) is 0 Å². The third-order valence-electron chi connectivity index (χ3n) is 4.52. The number of guanidine groups is 1. The fraction of sp³-hybridized carbons (Fsp3) is 0.833. The molecule has 1 aliphatic rings. The summed E-state index contributed by atoms with van der Waals surface area (Å²) in [4.78, 5) is 4.74. The van der Waals surface area contributed by atoms with Crippen LogP contribution in [0.5, 0.6) is 0 Å². The summed E-state index contributed by atoms with van der Waals surface area (Å²) in [6, 6.07) is 0.258. The molecule has 25 heavy (non-hydrogen) atoms. The lowest BCUT2D eigenvalue weighted by molar-refractivity contribution is 0.0890. The number of hydrogen-bond acceptors (Lipinski definition) is 4. The zero-order valence-electron chi connectivity index (χ0n) is 16.2. The van der Waals surface area contributed by atoms with Crippen LogP contribution in [-0.4, -0.2) is 52.6 Å². The summed E-state index contributed by atoms with van der Waals surface area (Å²) in [7, 11) is 0. The highest BCUT2D eigenvalue weighted by molar-refractivity contribution is 5.80. The number of aromatic nitrogens is 3. The second-order valence-electron chi connectivity index (χ2n) is 7.12. The molecule has 2 heterocycles. The van der Waals surface area contributed by atoms with E-state index in [-0.39, 0.29) is 12.1 Å². The summed E-state index contributed by atoms with van der Waals surface area (Å²) in [5, 5.41) is 15.1. The Hall–Kier alpha value is -1.63. The van der Waals surface area contributed by atoms with Crippen molar-refractivity contribution in [2.75, 3.05) is 19.7 Å². The minimum Gasteiger partial charge on any atom is -0.376 e. The van der Waals surface area contributed by atoms with E-state index in [1.807, 2.05) is 0 Å². The molecule has 0 saturated carbocycles. The van der Waals surface area contributed by atoms with E-state index in [1.54, 1.807) is 6.33 Å². The van der Waals surface area contributed by atoms with Gasteiger partial charge < -0.3 is 19.9 Å². The Bertz CT molecular complexity index is 521. The van der Waals surface area contributed by atoms with Gasteiger partial charge in [-0.2, -0.15) is 0 Å². The minimum atomic E-state index is 0.258. The molecule has 2 unspecified atom stereocenters. The Morgan fingerprint density at radius 3 is 2.96 bits per heavy atom. The maximum atomic E-state index is 5.79. The van der Waals surface area contributed by atoms with E-state index >= 15 is 0 Å². The van der Waals surface area contributed by atoms with Crippen molar-refractivity contribution in [3.63, 3.8) is 0 Å². The van der Waals surface area contributed by atoms with E-state index in [0.717, 1.165) is 63.7 Å². The average molecular weight is 351 g/mol. The van der Waals surface area contributed by atoms with E-state index in [4.69, 9.17) is 9.73 Å². The van der Waals surface area contributed by atoms with Crippen LogP contribution >= 0.6 is 0 Å². The normalized spacial score (nSPS) is 19.4. The van der Waals surface area contributed by atoms with Crippen molar-refractivity contribution >= 4 is 5.96 Å². The Morgan fingerprint density at radius 1 is 1.44 bits per heavy atom. The van der Waals surface area contributed by atoms with Crippen LogP contribution < -0.4 is 10.6 Å². The van der Waals surface area contributed by atoms with Crippen LogP contribution in [0.4, 0.5) is 0 Å². The van der Waals surface area contributed by atoms with Crippen molar-refractivity contribution in [3.8, 4) is 0 Å². The van der Waals surface area contributed by atoms with Gasteiger partial charge in [0.1, 0.15) is 12.2 Å². The summed E-state index contributed by atoms with van der Waals surface area (Å²) in [5.41, 5.74) is 0. The largest absolute Gasteiger partial charge is 0.376 e. The Balaban J connectivity index is 1.86. The number of nitrogens with one attached hydrogen (secondary N) is 2. The van der Waals surface area contributed by atoms with Gasteiger partial charge in [0.25, 0.3) is 0 Å². The molecule has 0 radical (unpaired) electrons. The molecular weight excluding hydrogens is 316 g/mol. The van der Waals surface area contributed by atoms with Crippen molar-refractivity contribution in [1.82, 2.24) is 25.4 Å². The molecule has 1 aromatic heterocycles. The van der Waals surface area contributed by atoms with Crippen LogP contribution in [0.2, 0.25) is 0 Å². The molecule has 1 aliphatic heterocycles. The predicted molar refractivity (Wildman–Crippen MR) is 101 cm³/mol. The standard InChI is InChI=1S/C18H34N6O/c1-5-17-23-21-13-24(17)11-10-20-18(19-9-8-14(2)3)22-15(4)16-7-6-12-25-16/h13-16H,5-12H2,1-4H3,(H2,19,20,22). The molecule has 0 aliphatic carbocycles. The highest BCUT2D eigenvalue weighted by Gasteiger charge is 2.23. The molecule has 2 rings (SSSR count). The summed E-state index contributed by atoms with van der Waals surface area (Å²) < 4.78 is 7.87. The second kappa shape index (κ2) is 10.4. The van der Waals surface area contributed by atoms with Crippen LogP contribution in [-0.2, 0) is 17.7 Å². The predicted octanol–water partition coefficient (Wildman–Crippen LogP) is 1.99. The van der Waals surface area contributed by atoms with Gasteiger partial charge in [-0.25, -0.2) is 0 Å². The first-order chi connectivity index (χ1) is 12.1. The zero-order chi connectivity index (χ0) is 18.1. The van der Waals surface area contributed by atoms with Crippen LogP contribution in [0.1, 0.15) is 52.8 Å². The fourth-order valence-corrected chi connectivity index (χ4v) is 2.93. The molecule has 1 aromatic rings. The number of hydrogen-bond donors (Lipinski definition) is 2. The third kappa shape index (κ3) is 6.65. The molecule has 1 fully saturated rings. The van der Waals surface area contributed by atoms with Gasteiger partial charge in [0, 0.05) is 32.7 Å². The fourth-order valence-electron chi connectivity index (χ4n) is 2.93. The molecule has 7 nitrogen and oxygen atoms in total. The molecule has 2 N–H and O–H groups in total. The number of aryl methyl sites for hydroxylation is 1. The number of ether oxygens (including phenoxy) is 1. The SMILES string of the molecule is CCc1nncn1CCNC(=NCCC(C)C)NC(C)C1CCCO1. The van der Waals surface area contributed by atoms with E-state index in [9.17, 15) is 0 Å². The van der Waals surface area contributed by atoms with Crippen molar-refractivity contribution < 1.29 is 4.74 Å². The minimum absolute atomic E-state index is 0.258. The first-order valence-electron chi connectivity index (χ1n) is 9.63. The van der Waals surface area contributed by atoms with Crippen LogP contribution in [0.15, 0.2) is 11.3 Å². The van der Waals surface area contributed by atoms with Crippen LogP contribution in [0.3, 0.4) is 0 Å². The first-order valence-corrected chi connectivity index (χ1v) is 9.63. The molecule has 0 amide bonds. The van der Waals surface area contributed by atoms with Crippen LogP contribution in [0, 0.1) is 5.92 Å². The number of aliphatic imine (C=N–C) groups is 1. The number of nitrogens with zero attached hydrogens (tertiary/aromatic N) is 4. The monoisotopic (exact) mass is 350 g/mol. The molecule has 0 spiro atoms. The van der Waals surface area contributed by atoms with Crippen LogP contribution in [0.25, 0.3) is 0 Å². The van der Waals surface area contributed by atoms with Crippen molar-refractivity contribution in [2.45, 2.75) is 72.1 Å². The maximum absolute atomic E-state index is 5.79. The smallest absolute Gasteiger partial charge is 0.191 e. The highest BCUT2D eigenvalue weighted by Crippen LogP contribution is 2.15. The van der Waals surface area contributed by atoms with Crippen molar-refractivity contribution in [2.24, 2.45) is 10.9 Å². The molecule has 0 bridgehead atoms. The van der Waals surface area contributed by atoms with Gasteiger partial charge in [-0.3, -0.25) is 4.99 Å². The van der Waals surface area contributed by atoms with E-state index in [1.165, 1.54) is 0 Å². The van der Waals surface area contributed by atoms with Crippen molar-refractivity contribution in [3.05, 3.63) is 12.2 Å². The highest BCUT2D eigenvalue weighted by atomic mass is 16.5. The quantitative estimate of drug-likeness (QED) is 0.526. The molecule has 2 atom stereocenters. The van der Waals surface area contributed by atoms with Gasteiger partial charge in [-0.1, -0.05) is 20.8 Å². The topological polar surface area (TPSA) is 76.4 Å². The maximum Gasteiger partial charge on any atom is 0.191 e. The molecular formula is C18H34N6O. The van der Waals surface area contributed by atoms with Gasteiger partial charge in [0.05, 0.1) is 12.1 Å². The van der Waals surface area contributed by atoms with E-state index < -0.39 is 0 Å². The third-order valence-corrected chi connectivity index (χ3v) is 4.52. The summed E-state index contributed by atoms with van der Waals surface area (Å²) >= 11 is 0. The Labute approximate surface area is 151 Å². The number of rotatable bonds is 9. The van der Waals surface area contributed by atoms with Crippen molar-refractivity contribution in [1.29, 1.82) is 0 Å². The molecule has 0 aromatic carbocycles. The van der Waals surface area contributed by atoms with Gasteiger partial charge in [-0.15, -0.1) is 10.2 Å². The summed E-state index contributed by atoms with van der Waals surface area (Å²) in [5.74, 6) is 2.54. The van der Waals surface area contributed by atoms with Gasteiger partial charge in [-0.05, 0) is 32.1 Å². The lowest BCUT2D eigenvalue weighted by atomic mass is 10.1. The molecule has 7 heteroatoms. The summed E-state index contributed by atoms with van der Waals surface area (Å²) in [6.07, 6.45) is 6.32. The van der Waals surface area contributed by atoms with Gasteiger partial charge >= 0.3 is 0 Å². The lowest BCUT2D eigenvalue weighted by Gasteiger charge is -2.23. The van der Waals surface area contributed by atoms with E-state index in [0.29, 0.717) is 5.92 Å². The molecule has 142 valence electrons. The zero-order valence-corrected chi connectivity index (χ0v) is 16.2. The Kier molecular flexibility index (Phi) is 8.18. The Morgan fingerprint density at radius 2 is 2.28 bits per heavy atom. The molecule has 1 saturated heterocycles. The van der Waals surface area contributed by atoms with E-state index in [2.05, 4.69) is 53.1 Å². The first kappa shape index (κ1) is 19.7. The second-order valence-corrected chi connectivity index (χ2v) is 7.12. The summed E-state index contributed by atoms with van der Waals surface area (Å²) in [6.45, 7) is 12.0. The average Bonchev–Trinajstić information content (AvgIpc) is 3.25.